The van der Waals surface area contributed by atoms with Crippen molar-refractivity contribution in [2.45, 2.75) is 17.1 Å². The van der Waals surface area contributed by atoms with Crippen LogP contribution in [0.2, 0.25) is 0 Å². The molecule has 0 spiro atoms. The Morgan fingerprint density at radius 2 is 2.09 bits per heavy atom. The largest absolute Gasteiger partial charge is 0.477 e. The molecule has 2 rings (SSSR count). The second-order valence-corrected chi connectivity index (χ2v) is 5.19. The zero-order valence-corrected chi connectivity index (χ0v) is 11.8. The summed E-state index contributed by atoms with van der Waals surface area (Å²) in [5, 5.41) is 8.99. The van der Waals surface area contributed by atoms with Crippen molar-refractivity contribution in [2.75, 3.05) is 5.73 Å². The molecule has 0 radical (unpaired) electrons. The van der Waals surface area contributed by atoms with Gasteiger partial charge in [0.2, 0.25) is 0 Å². The van der Waals surface area contributed by atoms with Crippen molar-refractivity contribution in [2.24, 2.45) is 0 Å². The zero-order valence-electron chi connectivity index (χ0n) is 11.0. The maximum absolute atomic E-state index is 12.6. The monoisotopic (exact) mass is 329 g/mol. The number of nitrogens with zero attached hydrogens (tertiary/aromatic N) is 2. The highest BCUT2D eigenvalue weighted by Gasteiger charge is 2.30. The molecule has 0 bridgehead atoms. The van der Waals surface area contributed by atoms with Crippen LogP contribution in [-0.4, -0.2) is 21.0 Å². The lowest BCUT2D eigenvalue weighted by Gasteiger charge is -2.08. The van der Waals surface area contributed by atoms with E-state index in [1.165, 1.54) is 6.07 Å². The topological polar surface area (TPSA) is 89.1 Å². The van der Waals surface area contributed by atoms with Crippen molar-refractivity contribution in [3.8, 4) is 0 Å². The molecule has 3 N–H and O–H groups in total. The molecule has 0 aliphatic carbocycles. The first-order valence-corrected chi connectivity index (χ1v) is 6.90. The van der Waals surface area contributed by atoms with Crippen molar-refractivity contribution in [3.63, 3.8) is 0 Å². The molecule has 0 saturated heterocycles. The fourth-order valence-electron chi connectivity index (χ4n) is 1.60. The standard InChI is InChI=1S/C13H10F3N3O2S/c14-13(15,16)8-3-1-2-7(4-8)6-22-12-18-5-9(11(20)21)10(17)19-12/h1-5H,6H2,(H,20,21)(H2,17,18,19). The summed E-state index contributed by atoms with van der Waals surface area (Å²) in [5.74, 6) is -1.23. The van der Waals surface area contributed by atoms with E-state index in [9.17, 15) is 18.0 Å². The van der Waals surface area contributed by atoms with Crippen molar-refractivity contribution in [3.05, 3.63) is 47.2 Å². The summed E-state index contributed by atoms with van der Waals surface area (Å²) in [5.41, 5.74) is 4.98. The first-order valence-electron chi connectivity index (χ1n) is 5.92. The molecule has 2 aromatic rings. The average molecular weight is 329 g/mol. The molecule has 0 atom stereocenters. The van der Waals surface area contributed by atoms with Gasteiger partial charge in [0.05, 0.1) is 5.56 Å². The van der Waals surface area contributed by atoms with Gasteiger partial charge in [0.15, 0.2) is 5.16 Å². The number of carboxylic acids is 1. The number of anilines is 1. The normalized spacial score (nSPS) is 11.4. The third-order valence-corrected chi connectivity index (χ3v) is 3.58. The van der Waals surface area contributed by atoms with E-state index < -0.39 is 17.7 Å². The molecule has 9 heteroatoms. The van der Waals surface area contributed by atoms with E-state index in [0.29, 0.717) is 5.56 Å². The van der Waals surface area contributed by atoms with Gasteiger partial charge in [-0.15, -0.1) is 0 Å². The Hall–Kier alpha value is -2.29. The number of nitrogens with two attached hydrogens (primary N) is 1. The zero-order chi connectivity index (χ0) is 16.3. The van der Waals surface area contributed by atoms with Crippen LogP contribution in [0.5, 0.6) is 0 Å². The number of thioether (sulfide) groups is 1. The molecule has 0 aliphatic rings. The van der Waals surface area contributed by atoms with Crippen LogP contribution in [0.3, 0.4) is 0 Å². The Bertz CT molecular complexity index is 707. The van der Waals surface area contributed by atoms with E-state index in [4.69, 9.17) is 10.8 Å². The molecule has 116 valence electrons. The fraction of sp³-hybridized carbons (Fsp3) is 0.154. The lowest BCUT2D eigenvalue weighted by molar-refractivity contribution is -0.137. The predicted molar refractivity (Wildman–Crippen MR) is 74.4 cm³/mol. The summed E-state index contributed by atoms with van der Waals surface area (Å²) in [6, 6.07) is 4.91. The van der Waals surface area contributed by atoms with Gasteiger partial charge in [0.25, 0.3) is 0 Å². The number of carboxylic acid groups (broad SMARTS) is 1. The van der Waals surface area contributed by atoms with Gasteiger partial charge in [0.1, 0.15) is 11.4 Å². The van der Waals surface area contributed by atoms with Gasteiger partial charge >= 0.3 is 12.1 Å². The van der Waals surface area contributed by atoms with Crippen LogP contribution in [0.4, 0.5) is 19.0 Å². The average Bonchev–Trinajstić information content (AvgIpc) is 2.44. The number of hydrogen-bond acceptors (Lipinski definition) is 5. The summed E-state index contributed by atoms with van der Waals surface area (Å²) in [6.07, 6.45) is -3.33. The fourth-order valence-corrected chi connectivity index (χ4v) is 2.36. The number of alkyl halides is 3. The van der Waals surface area contributed by atoms with Gasteiger partial charge in [0, 0.05) is 11.9 Å². The van der Waals surface area contributed by atoms with Crippen LogP contribution >= 0.6 is 11.8 Å². The Balaban J connectivity index is 2.10. The lowest BCUT2D eigenvalue weighted by atomic mass is 10.1. The first kappa shape index (κ1) is 16.1. The van der Waals surface area contributed by atoms with Crippen molar-refractivity contribution in [1.29, 1.82) is 0 Å². The van der Waals surface area contributed by atoms with E-state index in [2.05, 4.69) is 9.97 Å². The molecule has 0 unspecified atom stereocenters. The molecule has 0 aliphatic heterocycles. The summed E-state index contributed by atoms with van der Waals surface area (Å²) in [6.45, 7) is 0. The number of hydrogen-bond donors (Lipinski definition) is 2. The highest BCUT2D eigenvalue weighted by Crippen LogP contribution is 2.30. The van der Waals surface area contributed by atoms with Crippen molar-refractivity contribution < 1.29 is 23.1 Å². The number of aromatic nitrogens is 2. The van der Waals surface area contributed by atoms with Gasteiger partial charge in [-0.1, -0.05) is 30.0 Å². The van der Waals surface area contributed by atoms with E-state index >= 15 is 0 Å². The highest BCUT2D eigenvalue weighted by atomic mass is 32.2. The number of halogens is 3. The molecule has 0 saturated carbocycles. The maximum atomic E-state index is 12.6. The highest BCUT2D eigenvalue weighted by molar-refractivity contribution is 7.98. The summed E-state index contributed by atoms with van der Waals surface area (Å²) < 4.78 is 37.8. The number of benzene rings is 1. The molecule has 22 heavy (non-hydrogen) atoms. The van der Waals surface area contributed by atoms with Gasteiger partial charge in [-0.2, -0.15) is 13.2 Å². The van der Waals surface area contributed by atoms with Gasteiger partial charge < -0.3 is 10.8 Å². The van der Waals surface area contributed by atoms with Gasteiger partial charge in [-0.3, -0.25) is 0 Å². The predicted octanol–water partition coefficient (Wildman–Crippen LogP) is 3.07. The van der Waals surface area contributed by atoms with E-state index in [0.717, 1.165) is 30.1 Å². The molecule has 1 aromatic heterocycles. The van der Waals surface area contributed by atoms with Crippen LogP contribution in [0, 0.1) is 0 Å². The summed E-state index contributed by atoms with van der Waals surface area (Å²) >= 11 is 1.06. The number of aromatic carboxylic acids is 1. The minimum absolute atomic E-state index is 0.186. The Morgan fingerprint density at radius 1 is 1.36 bits per heavy atom. The van der Waals surface area contributed by atoms with E-state index in [-0.39, 0.29) is 22.3 Å². The third-order valence-electron chi connectivity index (χ3n) is 2.65. The van der Waals surface area contributed by atoms with Crippen LogP contribution in [0.15, 0.2) is 35.6 Å². The summed E-state index contributed by atoms with van der Waals surface area (Å²) in [4.78, 5) is 18.4. The summed E-state index contributed by atoms with van der Waals surface area (Å²) in [7, 11) is 0. The van der Waals surface area contributed by atoms with E-state index in [1.54, 1.807) is 6.07 Å². The van der Waals surface area contributed by atoms with Crippen molar-refractivity contribution in [1.82, 2.24) is 9.97 Å². The minimum Gasteiger partial charge on any atom is -0.477 e. The van der Waals surface area contributed by atoms with Crippen LogP contribution in [0.1, 0.15) is 21.5 Å². The number of carbonyl (C=O) groups is 1. The minimum atomic E-state index is -4.40. The first-order chi connectivity index (χ1) is 10.3. The SMILES string of the molecule is Nc1nc(SCc2cccc(C(F)(F)F)c2)ncc1C(=O)O. The second kappa shape index (κ2) is 6.22. The van der Waals surface area contributed by atoms with Crippen LogP contribution in [0.25, 0.3) is 0 Å². The number of nitrogen functional groups attached to an aromatic ring is 1. The lowest BCUT2D eigenvalue weighted by Crippen LogP contribution is -2.06. The quantitative estimate of drug-likeness (QED) is 0.662. The third kappa shape index (κ3) is 3.88. The van der Waals surface area contributed by atoms with Gasteiger partial charge in [-0.25, -0.2) is 14.8 Å². The Labute approximate surface area is 127 Å². The number of rotatable bonds is 4. The second-order valence-electron chi connectivity index (χ2n) is 4.24. The smallest absolute Gasteiger partial charge is 0.416 e. The Kier molecular flexibility index (Phi) is 4.55. The van der Waals surface area contributed by atoms with Crippen LogP contribution < -0.4 is 5.73 Å². The molecule has 1 aromatic carbocycles. The van der Waals surface area contributed by atoms with Crippen molar-refractivity contribution >= 4 is 23.5 Å². The van der Waals surface area contributed by atoms with Crippen LogP contribution in [-0.2, 0) is 11.9 Å². The Morgan fingerprint density at radius 3 is 2.68 bits per heavy atom. The molecule has 0 fully saturated rings. The molecule has 5 nitrogen and oxygen atoms in total. The maximum Gasteiger partial charge on any atom is 0.416 e. The van der Waals surface area contributed by atoms with Gasteiger partial charge in [-0.05, 0) is 11.6 Å². The molecule has 1 heterocycles. The molecular weight excluding hydrogens is 319 g/mol. The molecule has 0 amide bonds. The molecular formula is C13H10F3N3O2S. The van der Waals surface area contributed by atoms with E-state index in [1.807, 2.05) is 0 Å².